The molecule has 0 N–H and O–H groups in total. The van der Waals surface area contributed by atoms with Crippen LogP contribution in [0, 0.1) is 17.2 Å². The summed E-state index contributed by atoms with van der Waals surface area (Å²) in [5.41, 5.74) is 0.227. The second kappa shape index (κ2) is 6.04. The van der Waals surface area contributed by atoms with Gasteiger partial charge in [-0.05, 0) is 39.7 Å². The number of ether oxygens (including phenoxy) is 1. The Kier molecular flexibility index (Phi) is 4.64. The number of rotatable bonds is 4. The molecular weight excluding hydrogens is 224 g/mol. The summed E-state index contributed by atoms with van der Waals surface area (Å²) in [4.78, 5) is 2.25. The van der Waals surface area contributed by atoms with E-state index in [0.29, 0.717) is 6.10 Å². The SMILES string of the molecule is CC(C#N)CN(C)CC1CCC2(CCCCC2)O1. The lowest BCUT2D eigenvalue weighted by atomic mass is 9.83. The maximum atomic E-state index is 8.84. The zero-order chi connectivity index (χ0) is 13.0. The Morgan fingerprint density at radius 2 is 2.06 bits per heavy atom. The second-order valence-electron chi connectivity index (χ2n) is 6.27. The Labute approximate surface area is 111 Å². The van der Waals surface area contributed by atoms with E-state index in [1.165, 1.54) is 44.9 Å². The van der Waals surface area contributed by atoms with Crippen molar-refractivity contribution in [3.05, 3.63) is 0 Å². The number of hydrogen-bond acceptors (Lipinski definition) is 3. The molecule has 18 heavy (non-hydrogen) atoms. The summed E-state index contributed by atoms with van der Waals surface area (Å²) in [6.45, 7) is 3.81. The highest BCUT2D eigenvalue weighted by Gasteiger charge is 2.40. The van der Waals surface area contributed by atoms with Crippen molar-refractivity contribution in [2.45, 2.75) is 63.6 Å². The van der Waals surface area contributed by atoms with Crippen LogP contribution in [0.2, 0.25) is 0 Å². The minimum Gasteiger partial charge on any atom is -0.370 e. The van der Waals surface area contributed by atoms with E-state index in [4.69, 9.17) is 10.00 Å². The molecule has 2 rings (SSSR count). The van der Waals surface area contributed by atoms with Gasteiger partial charge in [0.2, 0.25) is 0 Å². The van der Waals surface area contributed by atoms with E-state index in [2.05, 4.69) is 18.0 Å². The van der Waals surface area contributed by atoms with Gasteiger partial charge in [-0.2, -0.15) is 5.26 Å². The summed E-state index contributed by atoms with van der Waals surface area (Å²) in [6.07, 6.45) is 9.44. The molecule has 2 atom stereocenters. The van der Waals surface area contributed by atoms with Gasteiger partial charge in [-0.25, -0.2) is 0 Å². The van der Waals surface area contributed by atoms with Gasteiger partial charge in [0.05, 0.1) is 23.7 Å². The van der Waals surface area contributed by atoms with Crippen molar-refractivity contribution >= 4 is 0 Å². The summed E-state index contributed by atoms with van der Waals surface area (Å²) in [6, 6.07) is 2.30. The molecule has 0 aromatic rings. The maximum Gasteiger partial charge on any atom is 0.0710 e. The highest BCUT2D eigenvalue weighted by atomic mass is 16.5. The first-order chi connectivity index (χ1) is 8.63. The van der Waals surface area contributed by atoms with Gasteiger partial charge >= 0.3 is 0 Å². The van der Waals surface area contributed by atoms with Crippen molar-refractivity contribution in [2.24, 2.45) is 5.92 Å². The lowest BCUT2D eigenvalue weighted by molar-refractivity contribution is -0.0704. The molecule has 3 nitrogen and oxygen atoms in total. The maximum absolute atomic E-state index is 8.84. The van der Waals surface area contributed by atoms with Gasteiger partial charge in [-0.3, -0.25) is 0 Å². The third kappa shape index (κ3) is 3.46. The number of nitrogens with zero attached hydrogens (tertiary/aromatic N) is 2. The van der Waals surface area contributed by atoms with Crippen molar-refractivity contribution in [1.29, 1.82) is 5.26 Å². The molecule has 0 amide bonds. The molecule has 0 radical (unpaired) electrons. The average Bonchev–Trinajstić information content (AvgIpc) is 2.72. The van der Waals surface area contributed by atoms with Crippen LogP contribution in [0.5, 0.6) is 0 Å². The van der Waals surface area contributed by atoms with Gasteiger partial charge in [-0.1, -0.05) is 19.3 Å². The third-order valence-electron chi connectivity index (χ3n) is 4.42. The summed E-state index contributed by atoms with van der Waals surface area (Å²) in [5.74, 6) is 0.111. The van der Waals surface area contributed by atoms with Crippen LogP contribution in [-0.4, -0.2) is 36.7 Å². The van der Waals surface area contributed by atoms with E-state index >= 15 is 0 Å². The summed E-state index contributed by atoms with van der Waals surface area (Å²) in [7, 11) is 2.10. The topological polar surface area (TPSA) is 36.3 Å². The van der Waals surface area contributed by atoms with Crippen molar-refractivity contribution in [3.63, 3.8) is 0 Å². The largest absolute Gasteiger partial charge is 0.370 e. The van der Waals surface area contributed by atoms with Crippen LogP contribution >= 0.6 is 0 Å². The lowest BCUT2D eigenvalue weighted by Gasteiger charge is -2.34. The van der Waals surface area contributed by atoms with E-state index in [1.54, 1.807) is 0 Å². The molecule has 1 aliphatic heterocycles. The van der Waals surface area contributed by atoms with E-state index in [9.17, 15) is 0 Å². The van der Waals surface area contributed by atoms with Crippen LogP contribution < -0.4 is 0 Å². The summed E-state index contributed by atoms with van der Waals surface area (Å²) < 4.78 is 6.35. The van der Waals surface area contributed by atoms with Crippen LogP contribution in [0.4, 0.5) is 0 Å². The van der Waals surface area contributed by atoms with Gasteiger partial charge in [0, 0.05) is 13.1 Å². The molecule has 102 valence electrons. The van der Waals surface area contributed by atoms with Gasteiger partial charge < -0.3 is 9.64 Å². The molecule has 0 bridgehead atoms. The minimum absolute atomic E-state index is 0.111. The minimum atomic E-state index is 0.111. The highest BCUT2D eigenvalue weighted by Crippen LogP contribution is 2.41. The first kappa shape index (κ1) is 13.8. The fourth-order valence-electron chi connectivity index (χ4n) is 3.52. The standard InChI is InChI=1S/C15H26N2O/c1-13(10-16)11-17(2)12-14-6-9-15(18-14)7-4-3-5-8-15/h13-14H,3-9,11-12H2,1-2H3. The summed E-state index contributed by atoms with van der Waals surface area (Å²) >= 11 is 0. The molecule has 1 saturated heterocycles. The third-order valence-corrected chi connectivity index (χ3v) is 4.42. The first-order valence-corrected chi connectivity index (χ1v) is 7.39. The Bertz CT molecular complexity index is 304. The predicted molar refractivity (Wildman–Crippen MR) is 72.2 cm³/mol. The molecule has 0 aromatic heterocycles. The van der Waals surface area contributed by atoms with E-state index in [1.807, 2.05) is 6.92 Å². The second-order valence-corrected chi connectivity index (χ2v) is 6.27. The van der Waals surface area contributed by atoms with E-state index in [0.717, 1.165) is 13.1 Å². The summed E-state index contributed by atoms with van der Waals surface area (Å²) in [5, 5.41) is 8.84. The Morgan fingerprint density at radius 3 is 2.72 bits per heavy atom. The van der Waals surface area contributed by atoms with Crippen molar-refractivity contribution in [1.82, 2.24) is 4.90 Å². The fraction of sp³-hybridized carbons (Fsp3) is 0.933. The molecule has 3 heteroatoms. The van der Waals surface area contributed by atoms with Gasteiger partial charge in [0.25, 0.3) is 0 Å². The zero-order valence-corrected chi connectivity index (χ0v) is 11.8. The van der Waals surface area contributed by atoms with Gasteiger partial charge in [-0.15, -0.1) is 0 Å². The smallest absolute Gasteiger partial charge is 0.0710 e. The number of nitriles is 1. The van der Waals surface area contributed by atoms with Crippen LogP contribution in [-0.2, 0) is 4.74 Å². The lowest BCUT2D eigenvalue weighted by Crippen LogP contribution is -2.36. The predicted octanol–water partition coefficient (Wildman–Crippen LogP) is 2.96. The van der Waals surface area contributed by atoms with Crippen LogP contribution in [0.3, 0.4) is 0 Å². The monoisotopic (exact) mass is 250 g/mol. The van der Waals surface area contributed by atoms with Crippen LogP contribution in [0.25, 0.3) is 0 Å². The molecule has 1 heterocycles. The molecule has 0 aromatic carbocycles. The molecular formula is C15H26N2O. The number of likely N-dealkylation sites (N-methyl/N-ethyl adjacent to an activating group) is 1. The first-order valence-electron chi connectivity index (χ1n) is 7.39. The van der Waals surface area contributed by atoms with Crippen LogP contribution in [0.15, 0.2) is 0 Å². The van der Waals surface area contributed by atoms with Crippen molar-refractivity contribution in [3.8, 4) is 6.07 Å². The zero-order valence-electron chi connectivity index (χ0n) is 11.8. The van der Waals surface area contributed by atoms with Crippen molar-refractivity contribution < 1.29 is 4.74 Å². The normalized spacial score (nSPS) is 28.4. The average molecular weight is 250 g/mol. The molecule has 2 fully saturated rings. The molecule has 2 aliphatic rings. The Balaban J connectivity index is 1.77. The van der Waals surface area contributed by atoms with Crippen LogP contribution in [0.1, 0.15) is 51.9 Å². The fourth-order valence-corrected chi connectivity index (χ4v) is 3.52. The van der Waals surface area contributed by atoms with Crippen molar-refractivity contribution in [2.75, 3.05) is 20.1 Å². The highest BCUT2D eigenvalue weighted by molar-refractivity contribution is 4.92. The number of hydrogen-bond donors (Lipinski definition) is 0. The quantitative estimate of drug-likeness (QED) is 0.769. The molecule has 2 unspecified atom stereocenters. The van der Waals surface area contributed by atoms with E-state index in [-0.39, 0.29) is 11.5 Å². The Morgan fingerprint density at radius 1 is 1.33 bits per heavy atom. The molecule has 1 saturated carbocycles. The molecule has 1 spiro atoms. The Hall–Kier alpha value is -0.590. The van der Waals surface area contributed by atoms with Gasteiger partial charge in [0.1, 0.15) is 0 Å². The van der Waals surface area contributed by atoms with Gasteiger partial charge in [0.15, 0.2) is 0 Å². The molecule has 1 aliphatic carbocycles. The van der Waals surface area contributed by atoms with E-state index < -0.39 is 0 Å².